The summed E-state index contributed by atoms with van der Waals surface area (Å²) in [5.41, 5.74) is 6.38. The van der Waals surface area contributed by atoms with Crippen molar-refractivity contribution >= 4 is 40.4 Å². The number of anilines is 1. The van der Waals surface area contributed by atoms with Crippen molar-refractivity contribution in [2.75, 3.05) is 26.6 Å². The van der Waals surface area contributed by atoms with Gasteiger partial charge in [-0.3, -0.25) is 9.09 Å². The number of nitrogens with zero attached hydrogens (tertiary/aromatic N) is 4. The van der Waals surface area contributed by atoms with Crippen molar-refractivity contribution in [1.82, 2.24) is 19.5 Å². The summed E-state index contributed by atoms with van der Waals surface area (Å²) in [6.45, 7) is -0.734. The van der Waals surface area contributed by atoms with Crippen LogP contribution in [0.15, 0.2) is 12.7 Å². The minimum Gasteiger partial charge on any atom is -0.382 e. The van der Waals surface area contributed by atoms with Crippen molar-refractivity contribution in [2.24, 2.45) is 0 Å². The second-order valence-corrected chi connectivity index (χ2v) is 10.9. The second kappa shape index (κ2) is 9.71. The van der Waals surface area contributed by atoms with E-state index in [0.29, 0.717) is 11.2 Å². The van der Waals surface area contributed by atoms with Gasteiger partial charge in [0.15, 0.2) is 17.7 Å². The van der Waals surface area contributed by atoms with Crippen molar-refractivity contribution in [3.63, 3.8) is 0 Å². The Labute approximate surface area is 185 Å². The van der Waals surface area contributed by atoms with Crippen LogP contribution in [0.1, 0.15) is 6.23 Å². The number of hydrogen-bond acceptors (Lipinski definition) is 13. The van der Waals surface area contributed by atoms with E-state index in [1.54, 1.807) is 0 Å². The van der Waals surface area contributed by atoms with Crippen LogP contribution < -0.4 is 5.73 Å². The van der Waals surface area contributed by atoms with Crippen LogP contribution in [0.25, 0.3) is 11.2 Å². The molecule has 1 aliphatic heterocycles. The number of ether oxygens (including phenoxy) is 3. The quantitative estimate of drug-likeness (QED) is 0.244. The fraction of sp³-hybridized carbons (Fsp3) is 0.583. The lowest BCUT2D eigenvalue weighted by Crippen LogP contribution is -2.36. The first-order valence-electron chi connectivity index (χ1n) is 8.69. The SMILES string of the molecule is COC1C(OC)[C@@H](COP(=O)(O)OP(=O)(O)OP(=O)(O)O)O[C@H]1n1cnc2c(N)ncnc21. The Bertz CT molecular complexity index is 1140. The first kappa shape index (κ1) is 26.2. The van der Waals surface area contributed by atoms with E-state index in [9.17, 15) is 23.5 Å². The summed E-state index contributed by atoms with van der Waals surface area (Å²) in [7, 11) is -13.9. The molecule has 33 heavy (non-hydrogen) atoms. The smallest absolute Gasteiger partial charge is 0.382 e. The number of fused-ring (bicyclic) bond motifs is 1. The van der Waals surface area contributed by atoms with E-state index in [2.05, 4.69) is 28.1 Å². The predicted molar refractivity (Wildman–Crippen MR) is 105 cm³/mol. The Balaban J connectivity index is 1.77. The molecular weight excluding hydrogens is 515 g/mol. The van der Waals surface area contributed by atoms with E-state index in [-0.39, 0.29) is 5.82 Å². The first-order chi connectivity index (χ1) is 15.3. The molecule has 0 spiro atoms. The van der Waals surface area contributed by atoms with Crippen LogP contribution in [0.2, 0.25) is 0 Å². The van der Waals surface area contributed by atoms with E-state index >= 15 is 0 Å². The van der Waals surface area contributed by atoms with Crippen molar-refractivity contribution in [3.8, 4) is 0 Å². The fourth-order valence-electron chi connectivity index (χ4n) is 3.13. The molecule has 186 valence electrons. The topological polar surface area (TPSA) is 257 Å². The van der Waals surface area contributed by atoms with Crippen molar-refractivity contribution < 1.29 is 60.6 Å². The van der Waals surface area contributed by atoms with Gasteiger partial charge in [-0.1, -0.05) is 0 Å². The molecule has 3 heterocycles. The van der Waals surface area contributed by atoms with Gasteiger partial charge in [0, 0.05) is 14.2 Å². The first-order valence-corrected chi connectivity index (χ1v) is 13.2. The number of rotatable bonds is 10. The third-order valence-corrected chi connectivity index (χ3v) is 8.11. The molecule has 18 nitrogen and oxygen atoms in total. The van der Waals surface area contributed by atoms with Gasteiger partial charge in [-0.25, -0.2) is 28.6 Å². The van der Waals surface area contributed by atoms with Crippen LogP contribution >= 0.6 is 23.5 Å². The van der Waals surface area contributed by atoms with Crippen LogP contribution in [0, 0.1) is 0 Å². The van der Waals surface area contributed by atoms with E-state index in [1.807, 2.05) is 0 Å². The van der Waals surface area contributed by atoms with Gasteiger partial charge in [0.1, 0.15) is 30.2 Å². The lowest BCUT2D eigenvalue weighted by molar-refractivity contribution is -0.0577. The minimum atomic E-state index is -5.66. The van der Waals surface area contributed by atoms with Crippen LogP contribution in [-0.2, 0) is 41.1 Å². The Kier molecular flexibility index (Phi) is 7.73. The predicted octanol–water partition coefficient (Wildman–Crippen LogP) is -0.321. The molecule has 0 aromatic carbocycles. The maximum absolute atomic E-state index is 12.0. The molecule has 6 atom stereocenters. The monoisotopic (exact) mass is 535 g/mol. The molecule has 0 aliphatic carbocycles. The standard InChI is InChI=1S/C12H20N5O13P3/c1-25-8-6(3-27-32(21,22)30-33(23,24)29-31(18,19)20)28-12(9(8)26-2)17-5-16-7-10(13)14-4-15-11(7)17/h4-6,8-9,12H,3H2,1-2H3,(H,21,22)(H,23,24)(H2,13,14,15)(H2,18,19,20)/t6-,8?,9?,12-/m1/s1. The zero-order chi connectivity index (χ0) is 24.6. The summed E-state index contributed by atoms with van der Waals surface area (Å²) in [5.74, 6) is 0.123. The Morgan fingerprint density at radius 2 is 1.70 bits per heavy atom. The fourth-order valence-corrected chi connectivity index (χ4v) is 6.16. The molecule has 1 saturated heterocycles. The number of nitrogens with two attached hydrogens (primary N) is 1. The van der Waals surface area contributed by atoms with Gasteiger partial charge < -0.3 is 39.5 Å². The Morgan fingerprint density at radius 1 is 1.03 bits per heavy atom. The molecule has 0 amide bonds. The van der Waals surface area contributed by atoms with Gasteiger partial charge in [-0.2, -0.15) is 8.62 Å². The summed E-state index contributed by atoms with van der Waals surface area (Å²) in [6, 6.07) is 0. The third kappa shape index (κ3) is 6.21. The summed E-state index contributed by atoms with van der Waals surface area (Å²) >= 11 is 0. The molecule has 0 radical (unpaired) electrons. The van der Waals surface area contributed by atoms with Gasteiger partial charge in [0.05, 0.1) is 12.9 Å². The number of phosphoric ester groups is 1. The summed E-state index contributed by atoms with van der Waals surface area (Å²) in [4.78, 5) is 48.2. The lowest BCUT2D eigenvalue weighted by atomic mass is 10.1. The van der Waals surface area contributed by atoms with Gasteiger partial charge in [-0.05, 0) is 0 Å². The van der Waals surface area contributed by atoms with Crippen LogP contribution in [0.4, 0.5) is 5.82 Å². The van der Waals surface area contributed by atoms with Gasteiger partial charge in [0.2, 0.25) is 0 Å². The number of hydrogen-bond donors (Lipinski definition) is 5. The number of phosphoric acid groups is 3. The van der Waals surface area contributed by atoms with Gasteiger partial charge in [0.25, 0.3) is 0 Å². The minimum absolute atomic E-state index is 0.123. The highest BCUT2D eigenvalue weighted by Gasteiger charge is 2.48. The number of aromatic nitrogens is 4. The highest BCUT2D eigenvalue weighted by Crippen LogP contribution is 2.66. The summed E-state index contributed by atoms with van der Waals surface area (Å²) in [6.07, 6.45) is -1.13. The number of methoxy groups -OCH3 is 2. The molecule has 1 aliphatic rings. The summed E-state index contributed by atoms with van der Waals surface area (Å²) < 4.78 is 64.3. The Morgan fingerprint density at radius 3 is 2.30 bits per heavy atom. The average Bonchev–Trinajstić information content (AvgIpc) is 3.24. The van der Waals surface area contributed by atoms with E-state index in [4.69, 9.17) is 29.7 Å². The summed E-state index contributed by atoms with van der Waals surface area (Å²) in [5, 5.41) is 0. The second-order valence-electron chi connectivity index (χ2n) is 6.44. The van der Waals surface area contributed by atoms with Gasteiger partial charge in [-0.15, -0.1) is 0 Å². The van der Waals surface area contributed by atoms with Gasteiger partial charge >= 0.3 is 23.5 Å². The van der Waals surface area contributed by atoms with E-state index in [1.165, 1.54) is 31.4 Å². The lowest BCUT2D eigenvalue weighted by Gasteiger charge is -2.22. The molecule has 0 bridgehead atoms. The zero-order valence-electron chi connectivity index (χ0n) is 16.8. The molecule has 2 aromatic heterocycles. The Hall–Kier alpha value is -1.36. The highest BCUT2D eigenvalue weighted by molar-refractivity contribution is 7.66. The van der Waals surface area contributed by atoms with E-state index in [0.717, 1.165) is 0 Å². The largest absolute Gasteiger partial charge is 0.490 e. The third-order valence-electron chi connectivity index (χ3n) is 4.31. The van der Waals surface area contributed by atoms with Crippen LogP contribution in [0.3, 0.4) is 0 Å². The molecule has 4 unspecified atom stereocenters. The normalized spacial score (nSPS) is 27.5. The number of nitrogen functional groups attached to an aromatic ring is 1. The highest BCUT2D eigenvalue weighted by atomic mass is 31.3. The maximum Gasteiger partial charge on any atom is 0.490 e. The van der Waals surface area contributed by atoms with Crippen LogP contribution in [-0.4, -0.2) is 78.2 Å². The number of imidazole rings is 1. The molecule has 6 N–H and O–H groups in total. The maximum atomic E-state index is 12.0. The van der Waals surface area contributed by atoms with E-state index < -0.39 is 54.6 Å². The van der Waals surface area contributed by atoms with Crippen LogP contribution in [0.5, 0.6) is 0 Å². The van der Waals surface area contributed by atoms with Crippen molar-refractivity contribution in [1.29, 1.82) is 0 Å². The molecule has 1 fully saturated rings. The zero-order valence-corrected chi connectivity index (χ0v) is 19.5. The molecule has 3 rings (SSSR count). The average molecular weight is 535 g/mol. The molecule has 0 saturated carbocycles. The van der Waals surface area contributed by atoms with Crippen molar-refractivity contribution in [2.45, 2.75) is 24.5 Å². The molecule has 21 heteroatoms. The van der Waals surface area contributed by atoms with Crippen molar-refractivity contribution in [3.05, 3.63) is 12.7 Å². The molecular formula is C12H20N5O13P3. The molecule has 2 aromatic rings.